The minimum atomic E-state index is -0.124. The van der Waals surface area contributed by atoms with Crippen molar-refractivity contribution in [3.63, 3.8) is 0 Å². The fraction of sp³-hybridized carbons (Fsp3) is 0.381. The summed E-state index contributed by atoms with van der Waals surface area (Å²) in [5.41, 5.74) is 2.39. The number of pyridine rings is 2. The van der Waals surface area contributed by atoms with E-state index in [4.69, 9.17) is 0 Å². The number of anilines is 2. The maximum Gasteiger partial charge on any atom is 0.271 e. The van der Waals surface area contributed by atoms with Gasteiger partial charge in [-0.1, -0.05) is 6.58 Å². The number of H-pyrrole nitrogens is 1. The molecule has 1 atom stereocenters. The lowest BCUT2D eigenvalue weighted by Crippen LogP contribution is -2.50. The Kier molecular flexibility index (Phi) is 6.13. The molecule has 148 valence electrons. The molecule has 28 heavy (non-hydrogen) atoms. The quantitative estimate of drug-likeness (QED) is 0.752. The third kappa shape index (κ3) is 4.08. The van der Waals surface area contributed by atoms with E-state index in [9.17, 15) is 9.59 Å². The molecule has 2 N–H and O–H groups in total. The van der Waals surface area contributed by atoms with Crippen LogP contribution in [0, 0.1) is 0 Å². The fourth-order valence-corrected chi connectivity index (χ4v) is 3.76. The number of aromatic nitrogens is 2. The van der Waals surface area contributed by atoms with E-state index in [1.165, 1.54) is 6.08 Å². The first-order chi connectivity index (χ1) is 13.6. The average molecular weight is 381 g/mol. The summed E-state index contributed by atoms with van der Waals surface area (Å²) in [4.78, 5) is 35.7. The molecular weight excluding hydrogens is 354 g/mol. The summed E-state index contributed by atoms with van der Waals surface area (Å²) in [6.07, 6.45) is 6.67. The van der Waals surface area contributed by atoms with Gasteiger partial charge in [-0.15, -0.1) is 0 Å². The van der Waals surface area contributed by atoms with Crippen LogP contribution in [0.3, 0.4) is 0 Å². The molecule has 3 heterocycles. The highest BCUT2D eigenvalue weighted by Gasteiger charge is 2.27. The number of rotatable bonds is 6. The van der Waals surface area contributed by atoms with Gasteiger partial charge in [-0.3, -0.25) is 9.59 Å². The molecular formula is C21H27N5O2. The van der Waals surface area contributed by atoms with Gasteiger partial charge in [-0.2, -0.15) is 0 Å². The van der Waals surface area contributed by atoms with E-state index in [0.717, 1.165) is 36.3 Å². The van der Waals surface area contributed by atoms with Gasteiger partial charge < -0.3 is 20.1 Å². The molecule has 2 aromatic heterocycles. The zero-order chi connectivity index (χ0) is 20.1. The van der Waals surface area contributed by atoms with E-state index in [-0.39, 0.29) is 17.5 Å². The van der Waals surface area contributed by atoms with Gasteiger partial charge in [0.15, 0.2) is 0 Å². The molecule has 2 aromatic rings. The molecule has 7 heteroatoms. The Labute approximate surface area is 165 Å². The van der Waals surface area contributed by atoms with Crippen molar-refractivity contribution in [3.05, 3.63) is 53.6 Å². The summed E-state index contributed by atoms with van der Waals surface area (Å²) in [6.45, 7) is 7.64. The Hall–Kier alpha value is -3.09. The largest absolute Gasteiger partial charge is 0.373 e. The molecule has 0 saturated carbocycles. The smallest absolute Gasteiger partial charge is 0.271 e. The number of hydrogen-bond acceptors (Lipinski definition) is 5. The summed E-state index contributed by atoms with van der Waals surface area (Å²) in [7, 11) is 1.82. The molecule has 1 aliphatic rings. The standard InChI is InChI=1S/C21H27N5O2/c1-4-20(27)25-10-6-7-17(14-25)26(5-2)18-11-16(13-24-21(18)28)15-8-9-23-19(12-15)22-3/h4,8-9,11-13,17H,1,5-7,10,14H2,2-3H3,(H,22,23)(H,24,28). The van der Waals surface area contributed by atoms with Crippen LogP contribution in [0.5, 0.6) is 0 Å². The molecule has 0 aromatic carbocycles. The van der Waals surface area contributed by atoms with Gasteiger partial charge in [0.05, 0.1) is 0 Å². The Morgan fingerprint density at radius 2 is 2.29 bits per heavy atom. The minimum absolute atomic E-state index is 0.0557. The van der Waals surface area contributed by atoms with Crippen LogP contribution in [-0.4, -0.2) is 53.5 Å². The Morgan fingerprint density at radius 1 is 1.46 bits per heavy atom. The Bertz CT molecular complexity index is 908. The van der Waals surface area contributed by atoms with Crippen molar-refractivity contribution in [2.75, 3.05) is 36.9 Å². The molecule has 1 unspecified atom stereocenters. The Balaban J connectivity index is 1.93. The number of amides is 1. The van der Waals surface area contributed by atoms with Crippen molar-refractivity contribution in [1.82, 2.24) is 14.9 Å². The number of nitrogens with zero attached hydrogens (tertiary/aromatic N) is 3. The van der Waals surface area contributed by atoms with Gasteiger partial charge >= 0.3 is 0 Å². The molecule has 7 nitrogen and oxygen atoms in total. The zero-order valence-electron chi connectivity index (χ0n) is 16.4. The predicted molar refractivity (Wildman–Crippen MR) is 113 cm³/mol. The van der Waals surface area contributed by atoms with Crippen molar-refractivity contribution in [3.8, 4) is 11.1 Å². The maximum atomic E-state index is 12.6. The molecule has 0 spiro atoms. The number of likely N-dealkylation sites (tertiary alicyclic amines) is 1. The van der Waals surface area contributed by atoms with Crippen molar-refractivity contribution in [2.45, 2.75) is 25.8 Å². The van der Waals surface area contributed by atoms with E-state index >= 15 is 0 Å². The van der Waals surface area contributed by atoms with Gasteiger partial charge in [0.1, 0.15) is 11.5 Å². The minimum Gasteiger partial charge on any atom is -0.373 e. The van der Waals surface area contributed by atoms with Crippen molar-refractivity contribution in [2.24, 2.45) is 0 Å². The number of piperidine rings is 1. The van der Waals surface area contributed by atoms with Crippen LogP contribution in [0.1, 0.15) is 19.8 Å². The van der Waals surface area contributed by atoms with Crippen molar-refractivity contribution < 1.29 is 4.79 Å². The van der Waals surface area contributed by atoms with Gasteiger partial charge in [-0.05, 0) is 49.6 Å². The zero-order valence-corrected chi connectivity index (χ0v) is 16.4. The first kappa shape index (κ1) is 19.7. The van der Waals surface area contributed by atoms with Gasteiger partial charge in [0, 0.05) is 50.7 Å². The second-order valence-electron chi connectivity index (χ2n) is 6.85. The highest BCUT2D eigenvalue weighted by atomic mass is 16.2. The highest BCUT2D eigenvalue weighted by molar-refractivity contribution is 5.87. The molecule has 1 fully saturated rings. The van der Waals surface area contributed by atoms with Gasteiger partial charge in [0.25, 0.3) is 5.56 Å². The molecule has 1 aliphatic heterocycles. The lowest BCUT2D eigenvalue weighted by molar-refractivity contribution is -0.127. The monoisotopic (exact) mass is 381 g/mol. The van der Waals surface area contributed by atoms with E-state index in [2.05, 4.69) is 26.8 Å². The number of carbonyl (C=O) groups is 1. The normalized spacial score (nSPS) is 16.5. The average Bonchev–Trinajstić information content (AvgIpc) is 2.75. The molecule has 1 amide bonds. The van der Waals surface area contributed by atoms with E-state index in [1.807, 2.05) is 37.1 Å². The third-order valence-electron chi connectivity index (χ3n) is 5.21. The lowest BCUT2D eigenvalue weighted by Gasteiger charge is -2.39. The maximum absolute atomic E-state index is 12.6. The van der Waals surface area contributed by atoms with Crippen LogP contribution < -0.4 is 15.8 Å². The molecule has 0 radical (unpaired) electrons. The molecule has 1 saturated heterocycles. The number of carbonyl (C=O) groups excluding carboxylic acids is 1. The second kappa shape index (κ2) is 8.73. The summed E-state index contributed by atoms with van der Waals surface area (Å²) in [5, 5.41) is 3.03. The summed E-state index contributed by atoms with van der Waals surface area (Å²) in [6, 6.07) is 5.88. The van der Waals surface area contributed by atoms with Crippen LogP contribution in [0.25, 0.3) is 11.1 Å². The molecule has 0 aliphatic carbocycles. The lowest BCUT2D eigenvalue weighted by atomic mass is 10.0. The number of hydrogen-bond donors (Lipinski definition) is 2. The number of nitrogens with one attached hydrogen (secondary N) is 2. The highest BCUT2D eigenvalue weighted by Crippen LogP contribution is 2.26. The topological polar surface area (TPSA) is 81.3 Å². The first-order valence-electron chi connectivity index (χ1n) is 9.62. The van der Waals surface area contributed by atoms with Crippen molar-refractivity contribution >= 4 is 17.4 Å². The number of likely N-dealkylation sites (N-methyl/N-ethyl adjacent to an activating group) is 1. The van der Waals surface area contributed by atoms with Crippen LogP contribution in [0.15, 0.2) is 48.0 Å². The second-order valence-corrected chi connectivity index (χ2v) is 6.85. The number of aromatic amines is 1. The van der Waals surface area contributed by atoms with E-state index < -0.39 is 0 Å². The molecule has 0 bridgehead atoms. The van der Waals surface area contributed by atoms with Crippen LogP contribution in [0.2, 0.25) is 0 Å². The molecule has 3 rings (SSSR count). The SMILES string of the molecule is C=CC(=O)N1CCCC(N(CC)c2cc(-c3ccnc(NC)c3)c[nH]c2=O)C1. The van der Waals surface area contributed by atoms with Gasteiger partial charge in [0.2, 0.25) is 5.91 Å². The summed E-state index contributed by atoms with van der Waals surface area (Å²) < 4.78 is 0. The van der Waals surface area contributed by atoms with Crippen LogP contribution >= 0.6 is 0 Å². The van der Waals surface area contributed by atoms with Crippen molar-refractivity contribution in [1.29, 1.82) is 0 Å². The Morgan fingerprint density at radius 3 is 3.00 bits per heavy atom. The summed E-state index contributed by atoms with van der Waals surface area (Å²) >= 11 is 0. The van der Waals surface area contributed by atoms with E-state index in [0.29, 0.717) is 18.8 Å². The van der Waals surface area contributed by atoms with Gasteiger partial charge in [-0.25, -0.2) is 4.98 Å². The van der Waals surface area contributed by atoms with Crippen LogP contribution in [0.4, 0.5) is 11.5 Å². The fourth-order valence-electron chi connectivity index (χ4n) is 3.76. The summed E-state index contributed by atoms with van der Waals surface area (Å²) in [5.74, 6) is 0.711. The third-order valence-corrected chi connectivity index (χ3v) is 5.21. The van der Waals surface area contributed by atoms with Crippen LogP contribution in [-0.2, 0) is 4.79 Å². The first-order valence-corrected chi connectivity index (χ1v) is 9.62. The predicted octanol–water partition coefficient (Wildman–Crippen LogP) is 2.48. The van der Waals surface area contributed by atoms with E-state index in [1.54, 1.807) is 12.4 Å².